The molecule has 0 spiro atoms. The predicted molar refractivity (Wildman–Crippen MR) is 71.0 cm³/mol. The van der Waals surface area contributed by atoms with Gasteiger partial charge in [0.2, 0.25) is 0 Å². The van der Waals surface area contributed by atoms with Crippen LogP contribution in [-0.2, 0) is 4.74 Å². The van der Waals surface area contributed by atoms with Crippen LogP contribution in [0.5, 0.6) is 0 Å². The largest absolute Gasteiger partial charge is 0.371 e. The zero-order valence-electron chi connectivity index (χ0n) is 11.4. The van der Waals surface area contributed by atoms with Crippen LogP contribution in [0.2, 0.25) is 0 Å². The van der Waals surface area contributed by atoms with Gasteiger partial charge in [0, 0.05) is 12.6 Å². The fraction of sp³-hybridized carbons (Fsp3) is 0.600. The van der Waals surface area contributed by atoms with Crippen molar-refractivity contribution in [3.8, 4) is 0 Å². The molecular formula is C15H22FNO. The third kappa shape index (κ3) is 3.53. The lowest BCUT2D eigenvalue weighted by Crippen LogP contribution is -2.31. The number of rotatable bonds is 4. The monoisotopic (exact) mass is 251 g/mol. The molecule has 0 bridgehead atoms. The van der Waals surface area contributed by atoms with Gasteiger partial charge in [0.25, 0.3) is 0 Å². The Morgan fingerprint density at radius 2 is 2.28 bits per heavy atom. The Kier molecular flexibility index (Phi) is 4.03. The first-order chi connectivity index (χ1) is 8.46. The molecule has 0 amide bonds. The first kappa shape index (κ1) is 13.5. The number of halogens is 1. The van der Waals surface area contributed by atoms with E-state index in [1.807, 2.05) is 6.07 Å². The van der Waals surface area contributed by atoms with Crippen molar-refractivity contribution in [2.24, 2.45) is 0 Å². The third-order valence-corrected chi connectivity index (χ3v) is 3.55. The zero-order chi connectivity index (χ0) is 13.2. The van der Waals surface area contributed by atoms with Gasteiger partial charge >= 0.3 is 0 Å². The van der Waals surface area contributed by atoms with Gasteiger partial charge in [0.15, 0.2) is 0 Å². The highest BCUT2D eigenvalue weighted by Gasteiger charge is 2.31. The summed E-state index contributed by atoms with van der Waals surface area (Å²) >= 11 is 0. The van der Waals surface area contributed by atoms with Crippen molar-refractivity contribution in [3.05, 3.63) is 35.6 Å². The highest BCUT2D eigenvalue weighted by molar-refractivity contribution is 5.19. The van der Waals surface area contributed by atoms with E-state index in [2.05, 4.69) is 26.1 Å². The van der Waals surface area contributed by atoms with Crippen molar-refractivity contribution in [1.82, 2.24) is 5.32 Å². The van der Waals surface area contributed by atoms with E-state index >= 15 is 0 Å². The first-order valence-corrected chi connectivity index (χ1v) is 6.63. The summed E-state index contributed by atoms with van der Waals surface area (Å²) in [4.78, 5) is 0. The van der Waals surface area contributed by atoms with Crippen molar-refractivity contribution < 1.29 is 9.13 Å². The van der Waals surface area contributed by atoms with Crippen LogP contribution in [0, 0.1) is 5.82 Å². The predicted octanol–water partition coefficient (Wildman–Crippen LogP) is 3.43. The maximum atomic E-state index is 13.1. The molecule has 0 aromatic heterocycles. The molecule has 0 saturated carbocycles. The molecule has 1 N–H and O–H groups in total. The van der Waals surface area contributed by atoms with Crippen LogP contribution >= 0.6 is 0 Å². The molecule has 18 heavy (non-hydrogen) atoms. The Morgan fingerprint density at radius 1 is 1.50 bits per heavy atom. The number of ether oxygens (including phenoxy) is 1. The molecule has 2 atom stereocenters. The summed E-state index contributed by atoms with van der Waals surface area (Å²) in [6.45, 7) is 7.13. The molecule has 0 aliphatic carbocycles. The van der Waals surface area contributed by atoms with Gasteiger partial charge in [-0.2, -0.15) is 0 Å². The molecule has 2 rings (SSSR count). The van der Waals surface area contributed by atoms with Crippen LogP contribution in [-0.4, -0.2) is 18.2 Å². The van der Waals surface area contributed by atoms with E-state index in [0.29, 0.717) is 0 Å². The van der Waals surface area contributed by atoms with Gasteiger partial charge < -0.3 is 10.1 Å². The molecule has 0 radical (unpaired) electrons. The first-order valence-electron chi connectivity index (χ1n) is 6.63. The Balaban J connectivity index is 1.84. The molecule has 2 nitrogen and oxygen atoms in total. The number of benzene rings is 1. The van der Waals surface area contributed by atoms with E-state index in [1.165, 1.54) is 6.07 Å². The standard InChI is InChI=1S/C15H22FNO/c1-11(12-5-4-6-13(16)9-12)17-10-14-7-8-15(2,3)18-14/h4-6,9,11,14,17H,7-8,10H2,1-3H3. The minimum atomic E-state index is -0.181. The topological polar surface area (TPSA) is 21.3 Å². The van der Waals surface area contributed by atoms with Crippen LogP contribution in [0.25, 0.3) is 0 Å². The van der Waals surface area contributed by atoms with Crippen LogP contribution in [0.3, 0.4) is 0 Å². The van der Waals surface area contributed by atoms with Gasteiger partial charge in [-0.3, -0.25) is 0 Å². The molecule has 1 aromatic rings. The molecule has 1 aromatic carbocycles. The van der Waals surface area contributed by atoms with E-state index in [4.69, 9.17) is 4.74 Å². The number of nitrogens with one attached hydrogen (secondary N) is 1. The van der Waals surface area contributed by atoms with Crippen molar-refractivity contribution >= 4 is 0 Å². The normalized spacial score (nSPS) is 24.1. The summed E-state index contributed by atoms with van der Waals surface area (Å²) in [5.41, 5.74) is 0.987. The second-order valence-electron chi connectivity index (χ2n) is 5.72. The Labute approximate surface area is 109 Å². The van der Waals surface area contributed by atoms with Crippen LogP contribution in [0.1, 0.15) is 45.2 Å². The second-order valence-corrected chi connectivity index (χ2v) is 5.72. The van der Waals surface area contributed by atoms with Gasteiger partial charge in [0.1, 0.15) is 5.82 Å². The van der Waals surface area contributed by atoms with Gasteiger partial charge in [-0.05, 0) is 51.3 Å². The molecular weight excluding hydrogens is 229 g/mol. The van der Waals surface area contributed by atoms with Crippen molar-refractivity contribution in [2.45, 2.75) is 51.4 Å². The number of hydrogen-bond donors (Lipinski definition) is 1. The van der Waals surface area contributed by atoms with Crippen LogP contribution < -0.4 is 5.32 Å². The summed E-state index contributed by atoms with van der Waals surface area (Å²) < 4.78 is 19.0. The molecule has 1 saturated heterocycles. The lowest BCUT2D eigenvalue weighted by Gasteiger charge is -2.21. The summed E-state index contributed by atoms with van der Waals surface area (Å²) in [5.74, 6) is -0.181. The van der Waals surface area contributed by atoms with Gasteiger partial charge in [-0.15, -0.1) is 0 Å². The van der Waals surface area contributed by atoms with Crippen molar-refractivity contribution in [1.29, 1.82) is 0 Å². The van der Waals surface area contributed by atoms with E-state index in [9.17, 15) is 4.39 Å². The Bertz CT molecular complexity index is 405. The summed E-state index contributed by atoms with van der Waals surface area (Å²) in [6, 6.07) is 6.89. The smallest absolute Gasteiger partial charge is 0.123 e. The molecule has 100 valence electrons. The SMILES string of the molecule is CC(NCC1CCC(C)(C)O1)c1cccc(F)c1. The average molecular weight is 251 g/mol. The van der Waals surface area contributed by atoms with Crippen LogP contribution in [0.4, 0.5) is 4.39 Å². The molecule has 3 heteroatoms. The quantitative estimate of drug-likeness (QED) is 0.885. The lowest BCUT2D eigenvalue weighted by atomic mass is 10.1. The average Bonchev–Trinajstić information content (AvgIpc) is 2.66. The fourth-order valence-electron chi connectivity index (χ4n) is 2.42. The van der Waals surface area contributed by atoms with E-state index in [0.717, 1.165) is 24.9 Å². The minimum absolute atomic E-state index is 0.00837. The van der Waals surface area contributed by atoms with Gasteiger partial charge in [0.05, 0.1) is 11.7 Å². The summed E-state index contributed by atoms with van der Waals surface area (Å²) in [7, 11) is 0. The maximum absolute atomic E-state index is 13.1. The van der Waals surface area contributed by atoms with Gasteiger partial charge in [-0.25, -0.2) is 4.39 Å². The van der Waals surface area contributed by atoms with E-state index in [-0.39, 0.29) is 23.6 Å². The van der Waals surface area contributed by atoms with Crippen molar-refractivity contribution in [2.75, 3.05) is 6.54 Å². The Hall–Kier alpha value is -0.930. The van der Waals surface area contributed by atoms with Crippen molar-refractivity contribution in [3.63, 3.8) is 0 Å². The summed E-state index contributed by atoms with van der Waals surface area (Å²) in [5, 5.41) is 3.41. The van der Waals surface area contributed by atoms with Gasteiger partial charge in [-0.1, -0.05) is 12.1 Å². The lowest BCUT2D eigenvalue weighted by molar-refractivity contribution is -0.0150. The molecule has 1 heterocycles. The van der Waals surface area contributed by atoms with Crippen LogP contribution in [0.15, 0.2) is 24.3 Å². The zero-order valence-corrected chi connectivity index (χ0v) is 11.4. The second kappa shape index (κ2) is 5.37. The molecule has 2 unspecified atom stereocenters. The highest BCUT2D eigenvalue weighted by Crippen LogP contribution is 2.29. The summed E-state index contributed by atoms with van der Waals surface area (Å²) in [6.07, 6.45) is 2.47. The van der Waals surface area contributed by atoms with E-state index in [1.54, 1.807) is 12.1 Å². The number of hydrogen-bond acceptors (Lipinski definition) is 2. The fourth-order valence-corrected chi connectivity index (χ4v) is 2.42. The molecule has 1 aliphatic rings. The molecule has 1 fully saturated rings. The third-order valence-electron chi connectivity index (χ3n) is 3.55. The highest BCUT2D eigenvalue weighted by atomic mass is 19.1. The maximum Gasteiger partial charge on any atom is 0.123 e. The molecule has 1 aliphatic heterocycles. The van der Waals surface area contributed by atoms with E-state index < -0.39 is 0 Å². The minimum Gasteiger partial charge on any atom is -0.371 e. The Morgan fingerprint density at radius 3 is 2.89 bits per heavy atom.